The highest BCUT2D eigenvalue weighted by Gasteiger charge is 2.32. The topological polar surface area (TPSA) is 66.8 Å². The molecule has 1 aliphatic heterocycles. The summed E-state index contributed by atoms with van der Waals surface area (Å²) in [6, 6.07) is 7.48. The molecule has 122 valence electrons. The lowest BCUT2D eigenvalue weighted by molar-refractivity contribution is -0.136. The lowest BCUT2D eigenvalue weighted by atomic mass is 10.2. The molecule has 23 heavy (non-hydrogen) atoms. The van der Waals surface area contributed by atoms with E-state index in [1.807, 2.05) is 24.3 Å². The molecule has 1 N–H and O–H groups in total. The zero-order valence-electron chi connectivity index (χ0n) is 12.7. The normalized spacial score (nSPS) is 16.2. The van der Waals surface area contributed by atoms with Gasteiger partial charge in [0.1, 0.15) is 17.3 Å². The minimum atomic E-state index is -1.09. The van der Waals surface area contributed by atoms with Crippen LogP contribution in [0.4, 0.5) is 4.79 Å². The van der Waals surface area contributed by atoms with Crippen molar-refractivity contribution in [3.63, 3.8) is 0 Å². The molecule has 0 aliphatic carbocycles. The Morgan fingerprint density at radius 1 is 1.39 bits per heavy atom. The van der Waals surface area contributed by atoms with E-state index in [0.29, 0.717) is 11.5 Å². The first kappa shape index (κ1) is 17.5. The van der Waals surface area contributed by atoms with E-state index < -0.39 is 12.5 Å². The SMILES string of the molecule is CCCCOc1ccc(C=C2SC(=O)N(CC(=O)O)C2=S)cc1. The van der Waals surface area contributed by atoms with Crippen LogP contribution in [0.3, 0.4) is 0 Å². The molecule has 1 aromatic rings. The van der Waals surface area contributed by atoms with Crippen molar-refractivity contribution in [1.29, 1.82) is 0 Å². The molecule has 7 heteroatoms. The van der Waals surface area contributed by atoms with Gasteiger partial charge in [-0.1, -0.05) is 37.7 Å². The Bertz CT molecular complexity index is 640. The molecule has 0 spiro atoms. The highest BCUT2D eigenvalue weighted by atomic mass is 32.2. The van der Waals surface area contributed by atoms with Gasteiger partial charge < -0.3 is 9.84 Å². The molecule has 1 fully saturated rings. The van der Waals surface area contributed by atoms with Gasteiger partial charge in [-0.3, -0.25) is 14.5 Å². The summed E-state index contributed by atoms with van der Waals surface area (Å²) in [7, 11) is 0. The van der Waals surface area contributed by atoms with Crippen LogP contribution in [0.25, 0.3) is 6.08 Å². The van der Waals surface area contributed by atoms with Crippen molar-refractivity contribution >= 4 is 46.3 Å². The lowest BCUT2D eigenvalue weighted by Crippen LogP contribution is -2.32. The molecule has 0 bridgehead atoms. The summed E-state index contributed by atoms with van der Waals surface area (Å²) in [5, 5.41) is 8.45. The summed E-state index contributed by atoms with van der Waals surface area (Å²) in [6.07, 6.45) is 3.88. The average Bonchev–Trinajstić information content (AvgIpc) is 2.76. The fraction of sp³-hybridized carbons (Fsp3) is 0.312. The van der Waals surface area contributed by atoms with E-state index in [0.717, 1.165) is 40.8 Å². The van der Waals surface area contributed by atoms with Crippen molar-refractivity contribution < 1.29 is 19.4 Å². The number of ether oxygens (including phenoxy) is 1. The Balaban J connectivity index is 2.05. The molecule has 0 atom stereocenters. The number of hydrogen-bond donors (Lipinski definition) is 1. The molecule has 1 aromatic carbocycles. The smallest absolute Gasteiger partial charge is 0.323 e. The summed E-state index contributed by atoms with van der Waals surface area (Å²) in [5.41, 5.74) is 0.877. The molecule has 2 rings (SSSR count). The van der Waals surface area contributed by atoms with E-state index in [4.69, 9.17) is 22.1 Å². The Morgan fingerprint density at radius 2 is 2.09 bits per heavy atom. The number of carbonyl (C=O) groups excluding carboxylic acids is 1. The van der Waals surface area contributed by atoms with E-state index in [1.165, 1.54) is 0 Å². The van der Waals surface area contributed by atoms with E-state index in [9.17, 15) is 9.59 Å². The maximum Gasteiger partial charge on any atom is 0.323 e. The first-order valence-corrected chi connectivity index (χ1v) is 8.43. The van der Waals surface area contributed by atoms with Gasteiger partial charge in [0.15, 0.2) is 0 Å². The molecule has 1 aliphatic rings. The van der Waals surface area contributed by atoms with Crippen molar-refractivity contribution in [2.75, 3.05) is 13.2 Å². The Labute approximate surface area is 144 Å². The van der Waals surface area contributed by atoms with Gasteiger partial charge in [-0.2, -0.15) is 0 Å². The molecular weight excluding hydrogens is 334 g/mol. The maximum atomic E-state index is 11.8. The fourth-order valence-electron chi connectivity index (χ4n) is 1.92. The minimum Gasteiger partial charge on any atom is -0.494 e. The van der Waals surface area contributed by atoms with Crippen LogP contribution >= 0.6 is 24.0 Å². The summed E-state index contributed by atoms with van der Waals surface area (Å²) >= 11 is 6.13. The van der Waals surface area contributed by atoms with Crippen LogP contribution in [0.1, 0.15) is 25.3 Å². The van der Waals surface area contributed by atoms with Gasteiger partial charge in [0.05, 0.1) is 11.5 Å². The van der Waals surface area contributed by atoms with Gasteiger partial charge in [0.25, 0.3) is 5.24 Å². The van der Waals surface area contributed by atoms with Crippen molar-refractivity contribution in [2.45, 2.75) is 19.8 Å². The predicted molar refractivity (Wildman–Crippen MR) is 94.7 cm³/mol. The monoisotopic (exact) mass is 351 g/mol. The molecule has 1 amide bonds. The summed E-state index contributed by atoms with van der Waals surface area (Å²) in [6.45, 7) is 2.39. The van der Waals surface area contributed by atoms with Crippen LogP contribution in [0.15, 0.2) is 29.2 Å². The number of thiocarbonyl (C=S) groups is 1. The number of thioether (sulfide) groups is 1. The summed E-state index contributed by atoms with van der Waals surface area (Å²) < 4.78 is 5.59. The standard InChI is InChI=1S/C16H17NO4S2/c1-2-3-8-21-12-6-4-11(5-7-12)9-13-15(22)17(10-14(18)19)16(20)23-13/h4-7,9H,2-3,8,10H2,1H3,(H,18,19). The van der Waals surface area contributed by atoms with Crippen LogP contribution in [0, 0.1) is 0 Å². The summed E-state index contributed by atoms with van der Waals surface area (Å²) in [5.74, 6) is -0.290. The second-order valence-corrected chi connectivity index (χ2v) is 6.31. The van der Waals surface area contributed by atoms with E-state index >= 15 is 0 Å². The van der Waals surface area contributed by atoms with Crippen LogP contribution in [-0.2, 0) is 4.79 Å². The van der Waals surface area contributed by atoms with Gasteiger partial charge in [-0.15, -0.1) is 0 Å². The Hall–Kier alpha value is -1.86. The average molecular weight is 351 g/mol. The number of amides is 1. The summed E-state index contributed by atoms with van der Waals surface area (Å²) in [4.78, 5) is 24.5. The molecule has 0 saturated carbocycles. The van der Waals surface area contributed by atoms with Crippen molar-refractivity contribution in [3.05, 3.63) is 34.7 Å². The lowest BCUT2D eigenvalue weighted by Gasteiger charge is -2.10. The number of nitrogens with zero attached hydrogens (tertiary/aromatic N) is 1. The number of carboxylic acid groups (broad SMARTS) is 1. The molecule has 1 saturated heterocycles. The van der Waals surface area contributed by atoms with Gasteiger partial charge >= 0.3 is 5.97 Å². The largest absolute Gasteiger partial charge is 0.494 e. The number of aliphatic carboxylic acids is 1. The van der Waals surface area contributed by atoms with E-state index in [2.05, 4.69) is 6.92 Å². The maximum absolute atomic E-state index is 11.8. The zero-order valence-corrected chi connectivity index (χ0v) is 14.3. The minimum absolute atomic E-state index is 0.255. The number of rotatable bonds is 7. The van der Waals surface area contributed by atoms with Crippen molar-refractivity contribution in [2.24, 2.45) is 0 Å². The first-order chi connectivity index (χ1) is 11.0. The highest BCUT2D eigenvalue weighted by Crippen LogP contribution is 2.33. The van der Waals surface area contributed by atoms with Gasteiger partial charge in [-0.25, -0.2) is 0 Å². The van der Waals surface area contributed by atoms with Crippen LogP contribution in [0.5, 0.6) is 5.75 Å². The highest BCUT2D eigenvalue weighted by molar-refractivity contribution is 8.19. The first-order valence-electron chi connectivity index (χ1n) is 7.21. The molecule has 0 aromatic heterocycles. The molecule has 1 heterocycles. The van der Waals surface area contributed by atoms with Crippen LogP contribution in [-0.4, -0.2) is 39.4 Å². The quantitative estimate of drug-likeness (QED) is 0.458. The van der Waals surface area contributed by atoms with Gasteiger partial charge in [0.2, 0.25) is 0 Å². The number of hydrogen-bond acceptors (Lipinski definition) is 5. The number of unbranched alkanes of at least 4 members (excludes halogenated alkanes) is 1. The van der Waals surface area contributed by atoms with Crippen LogP contribution in [0.2, 0.25) is 0 Å². The third-order valence-electron chi connectivity index (χ3n) is 3.11. The second-order valence-electron chi connectivity index (χ2n) is 4.93. The van der Waals surface area contributed by atoms with Crippen LogP contribution < -0.4 is 4.74 Å². The van der Waals surface area contributed by atoms with Crippen molar-refractivity contribution in [3.8, 4) is 5.75 Å². The number of carboxylic acids is 1. The van der Waals surface area contributed by atoms with Gasteiger partial charge in [-0.05, 0) is 42.0 Å². The third-order valence-corrected chi connectivity index (χ3v) is 4.61. The fourth-order valence-corrected chi connectivity index (χ4v) is 3.15. The van der Waals surface area contributed by atoms with Gasteiger partial charge in [0, 0.05) is 0 Å². The molecule has 5 nitrogen and oxygen atoms in total. The number of carbonyl (C=O) groups is 2. The number of benzene rings is 1. The molecular formula is C16H17NO4S2. The second kappa shape index (κ2) is 8.12. The zero-order chi connectivity index (χ0) is 16.8. The Kier molecular flexibility index (Phi) is 6.18. The molecule has 0 unspecified atom stereocenters. The molecule has 0 radical (unpaired) electrons. The van der Waals surface area contributed by atoms with Crippen molar-refractivity contribution in [1.82, 2.24) is 4.90 Å². The predicted octanol–water partition coefficient (Wildman–Crippen LogP) is 3.79. The Morgan fingerprint density at radius 3 is 2.70 bits per heavy atom. The van der Waals surface area contributed by atoms with E-state index in [-0.39, 0.29) is 10.2 Å². The van der Waals surface area contributed by atoms with E-state index in [1.54, 1.807) is 6.08 Å². The third kappa shape index (κ3) is 4.80.